The van der Waals surface area contributed by atoms with Crippen LogP contribution in [-0.2, 0) is 12.8 Å². The number of piperidine rings is 1. The van der Waals surface area contributed by atoms with E-state index < -0.39 is 0 Å². The van der Waals surface area contributed by atoms with Crippen LogP contribution in [0.4, 0.5) is 20.2 Å². The van der Waals surface area contributed by atoms with Gasteiger partial charge in [0.05, 0.1) is 0 Å². The first-order valence-electron chi connectivity index (χ1n) is 8.94. The van der Waals surface area contributed by atoms with Gasteiger partial charge in [-0.25, -0.2) is 8.78 Å². The number of hydrogen-bond donors (Lipinski definition) is 1. The molecule has 2 N–H and O–H groups in total. The fourth-order valence-electron chi connectivity index (χ4n) is 4.18. The van der Waals surface area contributed by atoms with Crippen molar-refractivity contribution in [3.05, 3.63) is 59.2 Å². The third-order valence-corrected chi connectivity index (χ3v) is 5.37. The van der Waals surface area contributed by atoms with E-state index in [1.165, 1.54) is 12.1 Å². The van der Waals surface area contributed by atoms with Crippen LogP contribution in [0.5, 0.6) is 0 Å². The van der Waals surface area contributed by atoms with Crippen molar-refractivity contribution in [2.45, 2.75) is 31.7 Å². The number of aryl methyl sites for hydroxylation is 2. The van der Waals surface area contributed by atoms with Gasteiger partial charge in [0.2, 0.25) is 0 Å². The molecule has 1 unspecified atom stereocenters. The summed E-state index contributed by atoms with van der Waals surface area (Å²) < 4.78 is 27.6. The Balaban J connectivity index is 1.82. The Kier molecular flexibility index (Phi) is 4.44. The minimum atomic E-state index is -0.219. The lowest BCUT2D eigenvalue weighted by atomic mass is 10.0. The van der Waals surface area contributed by atoms with Gasteiger partial charge in [-0.15, -0.1) is 0 Å². The Labute approximate surface area is 147 Å². The Morgan fingerprint density at radius 3 is 2.12 bits per heavy atom. The normalized spacial score (nSPS) is 20.8. The Morgan fingerprint density at radius 2 is 1.56 bits per heavy atom. The molecule has 1 fully saturated rings. The minimum Gasteiger partial charge on any atom is -0.337 e. The molecule has 0 amide bonds. The summed E-state index contributed by atoms with van der Waals surface area (Å²) in [5, 5.41) is 0. The highest BCUT2D eigenvalue weighted by Gasteiger charge is 2.30. The average molecular weight is 343 g/mol. The van der Waals surface area contributed by atoms with Gasteiger partial charge in [-0.1, -0.05) is 0 Å². The quantitative estimate of drug-likeness (QED) is 0.905. The van der Waals surface area contributed by atoms with Crippen LogP contribution >= 0.6 is 0 Å². The van der Waals surface area contributed by atoms with E-state index in [4.69, 9.17) is 5.73 Å². The zero-order valence-corrected chi connectivity index (χ0v) is 14.2. The van der Waals surface area contributed by atoms with Crippen LogP contribution in [0.2, 0.25) is 0 Å². The van der Waals surface area contributed by atoms with Gasteiger partial charge < -0.3 is 10.6 Å². The number of nitrogens with two attached hydrogens (primary N) is 1. The summed E-state index contributed by atoms with van der Waals surface area (Å²) in [6.07, 6.45) is 3.55. The molecule has 4 rings (SSSR count). The summed E-state index contributed by atoms with van der Waals surface area (Å²) in [4.78, 5) is 4.53. The summed E-state index contributed by atoms with van der Waals surface area (Å²) in [5.74, 6) is -0.439. The fourth-order valence-corrected chi connectivity index (χ4v) is 4.18. The second-order valence-electron chi connectivity index (χ2n) is 6.97. The van der Waals surface area contributed by atoms with Gasteiger partial charge in [0.25, 0.3) is 0 Å². The molecule has 2 aliphatic heterocycles. The van der Waals surface area contributed by atoms with E-state index in [-0.39, 0.29) is 17.7 Å². The molecule has 2 heterocycles. The zero-order chi connectivity index (χ0) is 17.4. The molecule has 0 aromatic heterocycles. The molecule has 0 aliphatic carbocycles. The van der Waals surface area contributed by atoms with Crippen LogP contribution in [0.3, 0.4) is 0 Å². The smallest absolute Gasteiger partial charge is 0.123 e. The van der Waals surface area contributed by atoms with Gasteiger partial charge in [-0.2, -0.15) is 0 Å². The highest BCUT2D eigenvalue weighted by Crippen LogP contribution is 2.39. The number of halogens is 2. The minimum absolute atomic E-state index is 0.219. The molecule has 0 spiro atoms. The standard InChI is InChI=1S/C20H23F2N3/c21-16-5-7-19-14(10-16)3-4-15-11-17(22)6-8-20(15)25(19)18-2-1-9-24(12-18)13-23/h5-8,10-11,18H,1-4,9,12-13,23H2. The monoisotopic (exact) mass is 343 g/mol. The van der Waals surface area contributed by atoms with Crippen molar-refractivity contribution >= 4 is 11.4 Å². The van der Waals surface area contributed by atoms with Gasteiger partial charge in [-0.05, 0) is 79.8 Å². The molecule has 5 heteroatoms. The van der Waals surface area contributed by atoms with Crippen molar-refractivity contribution in [3.8, 4) is 0 Å². The molecule has 2 aliphatic rings. The van der Waals surface area contributed by atoms with Gasteiger partial charge in [0.15, 0.2) is 0 Å². The first-order chi connectivity index (χ1) is 12.2. The summed E-state index contributed by atoms with van der Waals surface area (Å²) in [6.45, 7) is 2.41. The number of likely N-dealkylation sites (tertiary alicyclic amines) is 1. The van der Waals surface area contributed by atoms with Gasteiger partial charge in [0, 0.05) is 30.6 Å². The molecule has 2 aromatic carbocycles. The van der Waals surface area contributed by atoms with Crippen molar-refractivity contribution in [2.24, 2.45) is 5.73 Å². The molecule has 0 bridgehead atoms. The number of rotatable bonds is 2. The first kappa shape index (κ1) is 16.5. The number of hydrogen-bond acceptors (Lipinski definition) is 3. The SMILES string of the molecule is NCN1CCCC(N2c3ccc(F)cc3CCc3cc(F)ccc32)C1. The molecule has 1 atom stereocenters. The maximum absolute atomic E-state index is 13.8. The van der Waals surface area contributed by atoms with Crippen molar-refractivity contribution in [3.63, 3.8) is 0 Å². The average Bonchev–Trinajstić information content (AvgIpc) is 2.78. The van der Waals surface area contributed by atoms with Crippen LogP contribution in [0, 0.1) is 11.6 Å². The maximum atomic E-state index is 13.8. The second kappa shape index (κ2) is 6.73. The molecule has 2 aromatic rings. The lowest BCUT2D eigenvalue weighted by molar-refractivity contribution is 0.214. The Bertz CT molecular complexity index is 724. The van der Waals surface area contributed by atoms with E-state index in [9.17, 15) is 8.78 Å². The number of benzene rings is 2. The van der Waals surface area contributed by atoms with Crippen LogP contribution in [0.15, 0.2) is 36.4 Å². The number of anilines is 2. The maximum Gasteiger partial charge on any atom is 0.123 e. The third-order valence-electron chi connectivity index (χ3n) is 5.37. The lowest BCUT2D eigenvalue weighted by Crippen LogP contribution is -2.48. The van der Waals surface area contributed by atoms with Crippen molar-refractivity contribution in [2.75, 3.05) is 24.7 Å². The van der Waals surface area contributed by atoms with Crippen LogP contribution < -0.4 is 10.6 Å². The summed E-state index contributed by atoms with van der Waals surface area (Å²) in [7, 11) is 0. The summed E-state index contributed by atoms with van der Waals surface area (Å²) in [5.41, 5.74) is 9.91. The molecule has 1 saturated heterocycles. The molecular formula is C20H23F2N3. The lowest BCUT2D eigenvalue weighted by Gasteiger charge is -2.41. The van der Waals surface area contributed by atoms with Gasteiger partial charge >= 0.3 is 0 Å². The highest BCUT2D eigenvalue weighted by atomic mass is 19.1. The van der Waals surface area contributed by atoms with E-state index in [0.717, 1.165) is 48.4 Å². The van der Waals surface area contributed by atoms with Crippen LogP contribution in [0.25, 0.3) is 0 Å². The predicted molar refractivity (Wildman–Crippen MR) is 96.0 cm³/mol. The molecule has 132 valence electrons. The highest BCUT2D eigenvalue weighted by molar-refractivity contribution is 5.72. The fraction of sp³-hybridized carbons (Fsp3) is 0.400. The molecular weight excluding hydrogens is 320 g/mol. The predicted octanol–water partition coefficient (Wildman–Crippen LogP) is 3.58. The van der Waals surface area contributed by atoms with Crippen molar-refractivity contribution < 1.29 is 8.78 Å². The topological polar surface area (TPSA) is 32.5 Å². The molecule has 0 radical (unpaired) electrons. The second-order valence-corrected chi connectivity index (χ2v) is 6.97. The van der Waals surface area contributed by atoms with E-state index in [0.29, 0.717) is 19.5 Å². The molecule has 25 heavy (non-hydrogen) atoms. The van der Waals surface area contributed by atoms with Crippen LogP contribution in [0.1, 0.15) is 24.0 Å². The number of fused-ring (bicyclic) bond motifs is 2. The van der Waals surface area contributed by atoms with E-state index in [1.54, 1.807) is 12.1 Å². The Morgan fingerprint density at radius 1 is 0.960 bits per heavy atom. The molecule has 0 saturated carbocycles. The summed E-state index contributed by atoms with van der Waals surface area (Å²) in [6, 6.07) is 10.3. The Hall–Kier alpha value is -1.98. The largest absolute Gasteiger partial charge is 0.337 e. The van der Waals surface area contributed by atoms with Crippen molar-refractivity contribution in [1.82, 2.24) is 4.90 Å². The van der Waals surface area contributed by atoms with Gasteiger partial charge in [0.1, 0.15) is 11.6 Å². The molecule has 3 nitrogen and oxygen atoms in total. The van der Waals surface area contributed by atoms with E-state index in [1.807, 2.05) is 12.1 Å². The third kappa shape index (κ3) is 3.14. The van der Waals surface area contributed by atoms with Crippen LogP contribution in [-0.4, -0.2) is 30.7 Å². The van der Waals surface area contributed by atoms with Crippen molar-refractivity contribution in [1.29, 1.82) is 0 Å². The number of nitrogens with zero attached hydrogens (tertiary/aromatic N) is 2. The first-order valence-corrected chi connectivity index (χ1v) is 8.94. The van der Waals surface area contributed by atoms with E-state index >= 15 is 0 Å². The van der Waals surface area contributed by atoms with Gasteiger partial charge in [-0.3, -0.25) is 4.90 Å². The van der Waals surface area contributed by atoms with E-state index in [2.05, 4.69) is 9.80 Å². The zero-order valence-electron chi connectivity index (χ0n) is 14.2. The summed E-state index contributed by atoms with van der Waals surface area (Å²) >= 11 is 0.